The van der Waals surface area contributed by atoms with Gasteiger partial charge in [0.15, 0.2) is 0 Å². The molecule has 0 radical (unpaired) electrons. The van der Waals surface area contributed by atoms with Gasteiger partial charge in [0.1, 0.15) is 12.1 Å². The summed E-state index contributed by atoms with van der Waals surface area (Å²) >= 11 is 0. The van der Waals surface area contributed by atoms with Gasteiger partial charge in [-0.3, -0.25) is 0 Å². The molecule has 1 aliphatic carbocycles. The topological polar surface area (TPSA) is 67.3 Å². The van der Waals surface area contributed by atoms with Crippen molar-refractivity contribution in [2.45, 2.75) is 38.2 Å². The average Bonchev–Trinajstić information content (AvgIpc) is 2.32. The Labute approximate surface area is 101 Å². The van der Waals surface area contributed by atoms with E-state index in [2.05, 4.69) is 15.3 Å². The molecule has 2 N–H and O–H groups in total. The van der Waals surface area contributed by atoms with Crippen molar-refractivity contribution in [2.75, 3.05) is 18.5 Å². The highest BCUT2D eigenvalue weighted by molar-refractivity contribution is 5.37. The molecule has 0 aliphatic heterocycles. The number of anilines is 1. The van der Waals surface area contributed by atoms with Gasteiger partial charge in [-0.1, -0.05) is 6.92 Å². The number of rotatable bonds is 6. The summed E-state index contributed by atoms with van der Waals surface area (Å²) in [5.41, 5.74) is -0.546. The van der Waals surface area contributed by atoms with Gasteiger partial charge in [0, 0.05) is 12.6 Å². The largest absolute Gasteiger partial charge is 0.478 e. The standard InChI is InChI=1S/C12H19N3O2/c1-2-6-17-11-7-10(14-9-15-11)13-8-12(16)4-3-5-12/h7,9,16H,2-6,8H2,1H3,(H,13,14,15). The SMILES string of the molecule is CCCOc1cc(NCC2(O)CCC2)ncn1. The predicted octanol–water partition coefficient (Wildman–Crippen LogP) is 1.59. The Morgan fingerprint density at radius 2 is 2.29 bits per heavy atom. The molecule has 0 spiro atoms. The van der Waals surface area contributed by atoms with E-state index < -0.39 is 5.60 Å². The van der Waals surface area contributed by atoms with Gasteiger partial charge < -0.3 is 15.2 Å². The molecule has 1 saturated carbocycles. The predicted molar refractivity (Wildman–Crippen MR) is 65.1 cm³/mol. The van der Waals surface area contributed by atoms with Gasteiger partial charge >= 0.3 is 0 Å². The highest BCUT2D eigenvalue weighted by Gasteiger charge is 2.33. The summed E-state index contributed by atoms with van der Waals surface area (Å²) in [6, 6.07) is 1.76. The van der Waals surface area contributed by atoms with E-state index in [1.165, 1.54) is 6.33 Å². The Morgan fingerprint density at radius 1 is 1.47 bits per heavy atom. The van der Waals surface area contributed by atoms with Crippen LogP contribution >= 0.6 is 0 Å². The maximum atomic E-state index is 9.94. The number of nitrogens with one attached hydrogen (secondary N) is 1. The second-order valence-corrected chi connectivity index (χ2v) is 4.52. The fourth-order valence-corrected chi connectivity index (χ4v) is 1.74. The molecule has 0 bridgehead atoms. The third kappa shape index (κ3) is 3.30. The zero-order valence-corrected chi connectivity index (χ0v) is 10.1. The minimum Gasteiger partial charge on any atom is -0.478 e. The van der Waals surface area contributed by atoms with Crippen LogP contribution < -0.4 is 10.1 Å². The van der Waals surface area contributed by atoms with E-state index in [0.717, 1.165) is 25.7 Å². The van der Waals surface area contributed by atoms with Gasteiger partial charge in [-0.05, 0) is 25.7 Å². The average molecular weight is 237 g/mol. The molecule has 5 nitrogen and oxygen atoms in total. The van der Waals surface area contributed by atoms with Crippen molar-refractivity contribution in [3.63, 3.8) is 0 Å². The van der Waals surface area contributed by atoms with Crippen molar-refractivity contribution >= 4 is 5.82 Å². The number of nitrogens with zero attached hydrogens (tertiary/aromatic N) is 2. The number of aromatic nitrogens is 2. The number of ether oxygens (including phenoxy) is 1. The molecule has 1 aromatic heterocycles. The third-order valence-corrected chi connectivity index (χ3v) is 2.98. The van der Waals surface area contributed by atoms with E-state index in [4.69, 9.17) is 4.74 Å². The van der Waals surface area contributed by atoms with E-state index in [-0.39, 0.29) is 0 Å². The molecule has 0 atom stereocenters. The molecule has 0 amide bonds. The second kappa shape index (κ2) is 5.31. The lowest BCUT2D eigenvalue weighted by atomic mass is 9.80. The van der Waals surface area contributed by atoms with Crippen LogP contribution in [0.1, 0.15) is 32.6 Å². The van der Waals surface area contributed by atoms with Crippen molar-refractivity contribution in [1.82, 2.24) is 9.97 Å². The molecule has 2 rings (SSSR count). The molecule has 0 aromatic carbocycles. The third-order valence-electron chi connectivity index (χ3n) is 2.98. The van der Waals surface area contributed by atoms with Crippen LogP contribution in [-0.4, -0.2) is 33.8 Å². The summed E-state index contributed by atoms with van der Waals surface area (Å²) in [6.07, 6.45) is 5.26. The maximum absolute atomic E-state index is 9.94. The smallest absolute Gasteiger partial charge is 0.218 e. The minimum absolute atomic E-state index is 0.539. The van der Waals surface area contributed by atoms with E-state index >= 15 is 0 Å². The molecule has 0 unspecified atom stereocenters. The zero-order chi connectivity index (χ0) is 12.1. The van der Waals surface area contributed by atoms with Crippen molar-refractivity contribution in [1.29, 1.82) is 0 Å². The fraction of sp³-hybridized carbons (Fsp3) is 0.667. The summed E-state index contributed by atoms with van der Waals surface area (Å²) in [5, 5.41) is 13.1. The first-order chi connectivity index (χ1) is 8.22. The van der Waals surface area contributed by atoms with Crippen molar-refractivity contribution in [2.24, 2.45) is 0 Å². The quantitative estimate of drug-likeness (QED) is 0.786. The summed E-state index contributed by atoms with van der Waals surface area (Å²) < 4.78 is 5.41. The van der Waals surface area contributed by atoms with Crippen LogP contribution in [0.5, 0.6) is 5.88 Å². The van der Waals surface area contributed by atoms with Crippen LogP contribution in [-0.2, 0) is 0 Å². The Hall–Kier alpha value is -1.36. The zero-order valence-electron chi connectivity index (χ0n) is 10.1. The molecule has 1 heterocycles. The molecule has 1 aromatic rings. The lowest BCUT2D eigenvalue weighted by Crippen LogP contribution is -2.43. The summed E-state index contributed by atoms with van der Waals surface area (Å²) in [6.45, 7) is 3.24. The normalized spacial score (nSPS) is 17.3. The lowest BCUT2D eigenvalue weighted by molar-refractivity contribution is -0.0202. The lowest BCUT2D eigenvalue weighted by Gasteiger charge is -2.36. The summed E-state index contributed by atoms with van der Waals surface area (Å²) in [7, 11) is 0. The van der Waals surface area contributed by atoms with Gasteiger partial charge in [0.05, 0.1) is 12.2 Å². The summed E-state index contributed by atoms with van der Waals surface area (Å²) in [5.74, 6) is 1.27. The van der Waals surface area contributed by atoms with Crippen LogP contribution in [0, 0.1) is 0 Å². The Kier molecular flexibility index (Phi) is 3.78. The molecule has 94 valence electrons. The number of hydrogen-bond acceptors (Lipinski definition) is 5. The monoisotopic (exact) mass is 237 g/mol. The van der Waals surface area contributed by atoms with E-state index in [1.807, 2.05) is 6.92 Å². The highest BCUT2D eigenvalue weighted by Crippen LogP contribution is 2.31. The van der Waals surface area contributed by atoms with E-state index in [1.54, 1.807) is 6.07 Å². The molecule has 5 heteroatoms. The maximum Gasteiger partial charge on any atom is 0.218 e. The van der Waals surface area contributed by atoms with Crippen molar-refractivity contribution in [3.8, 4) is 5.88 Å². The first-order valence-corrected chi connectivity index (χ1v) is 6.13. The van der Waals surface area contributed by atoms with Gasteiger partial charge in [-0.2, -0.15) is 0 Å². The van der Waals surface area contributed by atoms with Gasteiger partial charge in [0.25, 0.3) is 0 Å². The number of aliphatic hydroxyl groups is 1. The van der Waals surface area contributed by atoms with Crippen molar-refractivity contribution in [3.05, 3.63) is 12.4 Å². The molecule has 17 heavy (non-hydrogen) atoms. The molecular weight excluding hydrogens is 218 g/mol. The molecule has 0 saturated heterocycles. The molecule has 1 fully saturated rings. The number of hydrogen-bond donors (Lipinski definition) is 2. The minimum atomic E-state index is -0.546. The second-order valence-electron chi connectivity index (χ2n) is 4.52. The van der Waals surface area contributed by atoms with Gasteiger partial charge in [-0.15, -0.1) is 0 Å². The Morgan fingerprint density at radius 3 is 2.94 bits per heavy atom. The van der Waals surface area contributed by atoms with Crippen LogP contribution in [0.3, 0.4) is 0 Å². The molecular formula is C12H19N3O2. The van der Waals surface area contributed by atoms with E-state index in [9.17, 15) is 5.11 Å². The van der Waals surface area contributed by atoms with Gasteiger partial charge in [0.2, 0.25) is 5.88 Å². The van der Waals surface area contributed by atoms with Crippen LogP contribution in [0.15, 0.2) is 12.4 Å². The van der Waals surface area contributed by atoms with E-state index in [0.29, 0.717) is 24.8 Å². The Bertz CT molecular complexity index is 367. The van der Waals surface area contributed by atoms with Crippen LogP contribution in [0.4, 0.5) is 5.82 Å². The van der Waals surface area contributed by atoms with Gasteiger partial charge in [-0.25, -0.2) is 9.97 Å². The van der Waals surface area contributed by atoms with Crippen LogP contribution in [0.25, 0.3) is 0 Å². The summed E-state index contributed by atoms with van der Waals surface area (Å²) in [4.78, 5) is 8.12. The first-order valence-electron chi connectivity index (χ1n) is 6.13. The Balaban J connectivity index is 1.87. The fourth-order valence-electron chi connectivity index (χ4n) is 1.74. The first kappa shape index (κ1) is 12.1. The van der Waals surface area contributed by atoms with Crippen molar-refractivity contribution < 1.29 is 9.84 Å². The van der Waals surface area contributed by atoms with Crippen LogP contribution in [0.2, 0.25) is 0 Å². The molecule has 1 aliphatic rings. The highest BCUT2D eigenvalue weighted by atomic mass is 16.5.